The molecule has 1 N–H and O–H groups in total. The van der Waals surface area contributed by atoms with Crippen molar-refractivity contribution in [2.75, 3.05) is 11.5 Å². The zero-order valence-corrected chi connectivity index (χ0v) is 10.3. The van der Waals surface area contributed by atoms with E-state index >= 15 is 0 Å². The predicted octanol–water partition coefficient (Wildman–Crippen LogP) is 2.06. The third kappa shape index (κ3) is 2.75. The first-order valence-corrected chi connectivity index (χ1v) is 6.74. The molecule has 1 fully saturated rings. The van der Waals surface area contributed by atoms with Crippen LogP contribution < -0.4 is 5.32 Å². The van der Waals surface area contributed by atoms with Gasteiger partial charge < -0.3 is 9.88 Å². The summed E-state index contributed by atoms with van der Waals surface area (Å²) in [6, 6.07) is 1.20. The fourth-order valence-corrected chi connectivity index (χ4v) is 3.07. The predicted molar refractivity (Wildman–Crippen MR) is 65.2 cm³/mol. The van der Waals surface area contributed by atoms with Gasteiger partial charge in [-0.25, -0.2) is 4.98 Å². The molecule has 0 aliphatic carbocycles. The van der Waals surface area contributed by atoms with E-state index < -0.39 is 0 Å². The summed E-state index contributed by atoms with van der Waals surface area (Å²) in [7, 11) is 0. The first kappa shape index (κ1) is 11.0. The van der Waals surface area contributed by atoms with Gasteiger partial charge in [0.1, 0.15) is 0 Å². The van der Waals surface area contributed by atoms with Crippen LogP contribution in [0, 0.1) is 0 Å². The van der Waals surface area contributed by atoms with Crippen LogP contribution in [0.25, 0.3) is 0 Å². The highest BCUT2D eigenvalue weighted by Crippen LogP contribution is 2.17. The molecule has 1 aromatic heterocycles. The van der Waals surface area contributed by atoms with Crippen LogP contribution in [0.2, 0.25) is 0 Å². The number of aromatic nitrogens is 2. The van der Waals surface area contributed by atoms with Gasteiger partial charge in [0.25, 0.3) is 0 Å². The Balaban J connectivity index is 1.89. The van der Waals surface area contributed by atoms with Crippen molar-refractivity contribution in [2.24, 2.45) is 0 Å². The van der Waals surface area contributed by atoms with Crippen LogP contribution in [0.15, 0.2) is 12.5 Å². The van der Waals surface area contributed by atoms with Crippen molar-refractivity contribution in [3.8, 4) is 0 Å². The highest BCUT2D eigenvalue weighted by Gasteiger charge is 2.15. The van der Waals surface area contributed by atoms with Crippen LogP contribution in [-0.4, -0.2) is 27.1 Å². The second-order valence-corrected chi connectivity index (χ2v) is 5.48. The smallest absolute Gasteiger partial charge is 0.0951 e. The standard InChI is InChI=1S/C11H19N3S/c1-9(2)14-8-12-5-11(14)6-13-10-3-4-15-7-10/h5,8-10,13H,3-4,6-7H2,1-2H3. The van der Waals surface area contributed by atoms with Crippen LogP contribution in [0.5, 0.6) is 0 Å². The van der Waals surface area contributed by atoms with Crippen molar-refractivity contribution in [3.63, 3.8) is 0 Å². The molecule has 0 spiro atoms. The van der Waals surface area contributed by atoms with E-state index in [1.165, 1.54) is 23.6 Å². The molecule has 1 atom stereocenters. The van der Waals surface area contributed by atoms with Crippen LogP contribution in [0.1, 0.15) is 32.0 Å². The van der Waals surface area contributed by atoms with Gasteiger partial charge in [-0.15, -0.1) is 0 Å². The fraction of sp³-hybridized carbons (Fsp3) is 0.727. The monoisotopic (exact) mass is 225 g/mol. The van der Waals surface area contributed by atoms with E-state index in [2.05, 4.69) is 28.7 Å². The minimum Gasteiger partial charge on any atom is -0.331 e. The van der Waals surface area contributed by atoms with Crippen LogP contribution in [0.4, 0.5) is 0 Å². The summed E-state index contributed by atoms with van der Waals surface area (Å²) < 4.78 is 2.23. The van der Waals surface area contributed by atoms with Gasteiger partial charge in [0.15, 0.2) is 0 Å². The zero-order chi connectivity index (χ0) is 10.7. The summed E-state index contributed by atoms with van der Waals surface area (Å²) in [4.78, 5) is 4.21. The molecule has 0 radical (unpaired) electrons. The Hall–Kier alpha value is -0.480. The van der Waals surface area contributed by atoms with Crippen LogP contribution in [-0.2, 0) is 6.54 Å². The lowest BCUT2D eigenvalue weighted by molar-refractivity contribution is 0.512. The molecule has 1 aromatic rings. The highest BCUT2D eigenvalue weighted by atomic mass is 32.2. The quantitative estimate of drug-likeness (QED) is 0.850. The molecule has 0 bridgehead atoms. The van der Waals surface area contributed by atoms with E-state index in [4.69, 9.17) is 0 Å². The number of thioether (sulfide) groups is 1. The number of hydrogen-bond acceptors (Lipinski definition) is 3. The number of nitrogens with one attached hydrogen (secondary N) is 1. The molecular weight excluding hydrogens is 206 g/mol. The maximum Gasteiger partial charge on any atom is 0.0951 e. The van der Waals surface area contributed by atoms with Gasteiger partial charge in [0, 0.05) is 30.6 Å². The summed E-state index contributed by atoms with van der Waals surface area (Å²) in [5.41, 5.74) is 1.29. The lowest BCUT2D eigenvalue weighted by atomic mass is 10.2. The number of imidazole rings is 1. The molecule has 2 heterocycles. The van der Waals surface area contributed by atoms with E-state index in [0.717, 1.165) is 6.54 Å². The van der Waals surface area contributed by atoms with Crippen LogP contribution >= 0.6 is 11.8 Å². The molecule has 0 amide bonds. The van der Waals surface area contributed by atoms with Gasteiger partial charge >= 0.3 is 0 Å². The van der Waals surface area contributed by atoms with E-state index in [0.29, 0.717) is 12.1 Å². The van der Waals surface area contributed by atoms with Crippen molar-refractivity contribution < 1.29 is 0 Å². The molecule has 3 nitrogen and oxygen atoms in total. The molecule has 0 saturated carbocycles. The van der Waals surface area contributed by atoms with Crippen molar-refractivity contribution in [2.45, 2.75) is 38.9 Å². The summed E-state index contributed by atoms with van der Waals surface area (Å²) in [5, 5.41) is 3.60. The molecule has 1 saturated heterocycles. The van der Waals surface area contributed by atoms with E-state index in [1.54, 1.807) is 0 Å². The van der Waals surface area contributed by atoms with Crippen molar-refractivity contribution in [3.05, 3.63) is 18.2 Å². The summed E-state index contributed by atoms with van der Waals surface area (Å²) >= 11 is 2.04. The van der Waals surface area contributed by atoms with Gasteiger partial charge in [-0.3, -0.25) is 0 Å². The average Bonchev–Trinajstić information content (AvgIpc) is 2.86. The Morgan fingerprint density at radius 1 is 1.67 bits per heavy atom. The third-order valence-corrected chi connectivity index (χ3v) is 3.97. The van der Waals surface area contributed by atoms with E-state index in [1.807, 2.05) is 24.3 Å². The maximum atomic E-state index is 4.21. The van der Waals surface area contributed by atoms with Crippen LogP contribution in [0.3, 0.4) is 0 Å². The molecule has 1 unspecified atom stereocenters. The summed E-state index contributed by atoms with van der Waals surface area (Å²) in [6.45, 7) is 5.33. The first-order chi connectivity index (χ1) is 7.27. The normalized spacial score (nSPS) is 21.4. The molecule has 1 aliphatic heterocycles. The Morgan fingerprint density at radius 2 is 2.53 bits per heavy atom. The lowest BCUT2D eigenvalue weighted by Gasteiger charge is -2.14. The topological polar surface area (TPSA) is 29.9 Å². The zero-order valence-electron chi connectivity index (χ0n) is 9.44. The van der Waals surface area contributed by atoms with Gasteiger partial charge in [-0.1, -0.05) is 0 Å². The van der Waals surface area contributed by atoms with E-state index in [9.17, 15) is 0 Å². The Labute approximate surface area is 95.7 Å². The Morgan fingerprint density at radius 3 is 3.20 bits per heavy atom. The molecule has 0 aromatic carbocycles. The van der Waals surface area contributed by atoms with Gasteiger partial charge in [-0.2, -0.15) is 11.8 Å². The van der Waals surface area contributed by atoms with Gasteiger partial charge in [-0.05, 0) is 26.0 Å². The molecule has 15 heavy (non-hydrogen) atoms. The lowest BCUT2D eigenvalue weighted by Crippen LogP contribution is -2.29. The fourth-order valence-electron chi connectivity index (χ4n) is 1.88. The van der Waals surface area contributed by atoms with E-state index in [-0.39, 0.29) is 0 Å². The number of rotatable bonds is 4. The van der Waals surface area contributed by atoms with Crippen molar-refractivity contribution in [1.82, 2.24) is 14.9 Å². The summed E-state index contributed by atoms with van der Waals surface area (Å²) in [5.74, 6) is 2.57. The second kappa shape index (κ2) is 5.03. The second-order valence-electron chi connectivity index (χ2n) is 4.33. The van der Waals surface area contributed by atoms with Gasteiger partial charge in [0.05, 0.1) is 12.0 Å². The molecule has 4 heteroatoms. The highest BCUT2D eigenvalue weighted by molar-refractivity contribution is 7.99. The first-order valence-electron chi connectivity index (χ1n) is 5.59. The summed E-state index contributed by atoms with van der Waals surface area (Å²) in [6.07, 6.45) is 5.20. The average molecular weight is 225 g/mol. The minimum absolute atomic E-state index is 0.502. The Kier molecular flexibility index (Phi) is 3.70. The number of nitrogens with zero attached hydrogens (tertiary/aromatic N) is 2. The SMILES string of the molecule is CC(C)n1cncc1CNC1CCSC1. The van der Waals surface area contributed by atoms with Gasteiger partial charge in [0.2, 0.25) is 0 Å². The maximum absolute atomic E-state index is 4.21. The largest absolute Gasteiger partial charge is 0.331 e. The van der Waals surface area contributed by atoms with Crippen molar-refractivity contribution >= 4 is 11.8 Å². The Bertz CT molecular complexity index is 303. The minimum atomic E-state index is 0.502. The molecule has 2 rings (SSSR count). The molecule has 1 aliphatic rings. The van der Waals surface area contributed by atoms with Crippen molar-refractivity contribution in [1.29, 1.82) is 0 Å². The molecular formula is C11H19N3S. The number of hydrogen-bond donors (Lipinski definition) is 1. The third-order valence-electron chi connectivity index (χ3n) is 2.80. The molecule has 84 valence electrons.